The van der Waals surface area contributed by atoms with E-state index < -0.39 is 0 Å². The number of allylic oxidation sites excluding steroid dienone is 2. The fourth-order valence-corrected chi connectivity index (χ4v) is 4.53. The van der Waals surface area contributed by atoms with Crippen molar-refractivity contribution in [2.24, 2.45) is 5.41 Å². The molecule has 0 saturated carbocycles. The fraction of sp³-hybridized carbons (Fsp3) is 0.286. The van der Waals surface area contributed by atoms with Crippen molar-refractivity contribution >= 4 is 34.3 Å². The molecule has 1 aromatic heterocycles. The zero-order valence-electron chi connectivity index (χ0n) is 18.9. The van der Waals surface area contributed by atoms with Gasteiger partial charge >= 0.3 is 0 Å². The first-order valence-corrected chi connectivity index (χ1v) is 10.9. The Bertz CT molecular complexity index is 1270. The van der Waals surface area contributed by atoms with Gasteiger partial charge in [0, 0.05) is 28.6 Å². The number of nitrogens with zero attached hydrogens (tertiary/aromatic N) is 2. The first kappa shape index (κ1) is 19.7. The van der Waals surface area contributed by atoms with Gasteiger partial charge in [0.15, 0.2) is 5.78 Å². The largest absolute Gasteiger partial charge is 0.294 e. The van der Waals surface area contributed by atoms with Crippen molar-refractivity contribution in [1.82, 2.24) is 4.98 Å². The topological polar surface area (TPSA) is 33.2 Å². The number of benzene rings is 2. The van der Waals surface area contributed by atoms with Crippen LogP contribution in [0.1, 0.15) is 52.2 Å². The molecule has 2 heterocycles. The summed E-state index contributed by atoms with van der Waals surface area (Å²) in [6.07, 6.45) is 4.79. The zero-order chi connectivity index (χ0) is 22.0. The summed E-state index contributed by atoms with van der Waals surface area (Å²) in [5.74, 6) is 1.07. The lowest BCUT2D eigenvalue weighted by molar-refractivity contribution is -0.116. The number of ketones is 1. The van der Waals surface area contributed by atoms with E-state index in [0.29, 0.717) is 6.42 Å². The second kappa shape index (κ2) is 6.65. The van der Waals surface area contributed by atoms with Crippen LogP contribution in [0.5, 0.6) is 0 Å². The standard InChI is InChI=1S/C28H28N2O/c1-27(2,3)20-11-12-23-18(14-20)13-19-15-22-24(16-28(4,5)17-25(22)31)30(26(19)29-23)21-9-7-6-8-10-21/h6-16H,17H2,1-5H3. The van der Waals surface area contributed by atoms with E-state index in [9.17, 15) is 4.79 Å². The predicted molar refractivity (Wildman–Crippen MR) is 128 cm³/mol. The van der Waals surface area contributed by atoms with E-state index in [0.717, 1.165) is 39.2 Å². The molecule has 0 bridgehead atoms. The lowest BCUT2D eigenvalue weighted by Crippen LogP contribution is -2.33. The highest BCUT2D eigenvalue weighted by Crippen LogP contribution is 2.46. The molecule has 3 aromatic rings. The summed E-state index contributed by atoms with van der Waals surface area (Å²) in [7, 11) is 0. The Morgan fingerprint density at radius 3 is 2.45 bits per heavy atom. The molecule has 0 radical (unpaired) electrons. The monoisotopic (exact) mass is 408 g/mol. The maximum absolute atomic E-state index is 13.1. The van der Waals surface area contributed by atoms with E-state index in [-0.39, 0.29) is 16.6 Å². The number of para-hydroxylation sites is 1. The van der Waals surface area contributed by atoms with E-state index in [1.165, 1.54) is 5.56 Å². The third kappa shape index (κ3) is 3.38. The van der Waals surface area contributed by atoms with Crippen LogP contribution in [0.25, 0.3) is 17.0 Å². The quantitative estimate of drug-likeness (QED) is 0.437. The van der Waals surface area contributed by atoms with Gasteiger partial charge in [-0.05, 0) is 52.8 Å². The molecule has 2 aromatic carbocycles. The van der Waals surface area contributed by atoms with Crippen molar-refractivity contribution in [3.8, 4) is 0 Å². The molecular weight excluding hydrogens is 380 g/mol. The molecule has 31 heavy (non-hydrogen) atoms. The van der Waals surface area contributed by atoms with Gasteiger partial charge in [-0.1, -0.05) is 65.0 Å². The molecule has 0 spiro atoms. The van der Waals surface area contributed by atoms with Crippen LogP contribution < -0.4 is 4.90 Å². The van der Waals surface area contributed by atoms with Gasteiger partial charge in [-0.25, -0.2) is 4.98 Å². The van der Waals surface area contributed by atoms with Gasteiger partial charge in [0.1, 0.15) is 5.82 Å². The molecule has 2 aliphatic rings. The number of anilines is 2. The van der Waals surface area contributed by atoms with E-state index in [1.807, 2.05) is 24.3 Å². The summed E-state index contributed by atoms with van der Waals surface area (Å²) in [6.45, 7) is 10.9. The maximum Gasteiger partial charge on any atom is 0.165 e. The molecule has 156 valence electrons. The van der Waals surface area contributed by atoms with Crippen molar-refractivity contribution in [2.45, 2.75) is 46.5 Å². The van der Waals surface area contributed by atoms with Gasteiger partial charge in [-0.2, -0.15) is 0 Å². The maximum atomic E-state index is 13.1. The van der Waals surface area contributed by atoms with Crippen LogP contribution in [0.3, 0.4) is 0 Å². The average molecular weight is 409 g/mol. The molecule has 1 aliphatic carbocycles. The molecule has 3 nitrogen and oxygen atoms in total. The summed E-state index contributed by atoms with van der Waals surface area (Å²) in [4.78, 5) is 20.4. The number of carbonyl (C=O) groups excluding carboxylic acids is 1. The number of aromatic nitrogens is 1. The highest BCUT2D eigenvalue weighted by Gasteiger charge is 2.37. The lowest BCUT2D eigenvalue weighted by Gasteiger charge is -2.38. The Labute approximate surface area is 184 Å². The molecule has 3 heteroatoms. The first-order valence-electron chi connectivity index (χ1n) is 10.9. The van der Waals surface area contributed by atoms with Crippen molar-refractivity contribution in [3.63, 3.8) is 0 Å². The highest BCUT2D eigenvalue weighted by atomic mass is 16.1. The Morgan fingerprint density at radius 2 is 1.74 bits per heavy atom. The van der Waals surface area contributed by atoms with Crippen molar-refractivity contribution < 1.29 is 4.79 Å². The van der Waals surface area contributed by atoms with E-state index in [1.54, 1.807) is 0 Å². The van der Waals surface area contributed by atoms with Gasteiger partial charge in [-0.3, -0.25) is 9.69 Å². The van der Waals surface area contributed by atoms with Crippen LogP contribution in [-0.2, 0) is 10.2 Å². The van der Waals surface area contributed by atoms with Gasteiger partial charge in [0.05, 0.1) is 11.2 Å². The number of Topliss-reactive ketones (excluding diaryl/α,β-unsaturated/α-hetero) is 1. The van der Waals surface area contributed by atoms with E-state index in [4.69, 9.17) is 4.98 Å². The molecule has 1 aliphatic heterocycles. The zero-order valence-corrected chi connectivity index (χ0v) is 18.9. The van der Waals surface area contributed by atoms with Crippen molar-refractivity contribution in [1.29, 1.82) is 0 Å². The third-order valence-electron chi connectivity index (χ3n) is 6.18. The van der Waals surface area contributed by atoms with Crippen LogP contribution in [-0.4, -0.2) is 10.8 Å². The number of hydrogen-bond acceptors (Lipinski definition) is 3. The van der Waals surface area contributed by atoms with Crippen LogP contribution >= 0.6 is 0 Å². The van der Waals surface area contributed by atoms with Gasteiger partial charge in [0.2, 0.25) is 0 Å². The third-order valence-corrected chi connectivity index (χ3v) is 6.18. The predicted octanol–water partition coefficient (Wildman–Crippen LogP) is 6.95. The van der Waals surface area contributed by atoms with Crippen LogP contribution in [0, 0.1) is 5.41 Å². The highest BCUT2D eigenvalue weighted by molar-refractivity contribution is 6.10. The van der Waals surface area contributed by atoms with Crippen molar-refractivity contribution in [2.75, 3.05) is 4.90 Å². The summed E-state index contributed by atoms with van der Waals surface area (Å²) in [5.41, 5.74) is 5.85. The minimum Gasteiger partial charge on any atom is -0.294 e. The summed E-state index contributed by atoms with van der Waals surface area (Å²) in [5, 5.41) is 1.10. The smallest absolute Gasteiger partial charge is 0.165 e. The average Bonchev–Trinajstić information content (AvgIpc) is 2.70. The SMILES string of the molecule is CC1(C)C=C2C(=Cc3cc4cc(C(C)(C)C)ccc4nc3N2c2ccccc2)C(=O)C1. The minimum absolute atomic E-state index is 0.0689. The molecular formula is C28H28N2O. The first-order chi connectivity index (χ1) is 14.6. The summed E-state index contributed by atoms with van der Waals surface area (Å²) >= 11 is 0. The number of hydrogen-bond donors (Lipinski definition) is 0. The Morgan fingerprint density at radius 1 is 1.00 bits per heavy atom. The number of fused-ring (bicyclic) bond motifs is 3. The van der Waals surface area contributed by atoms with Crippen LogP contribution in [0.4, 0.5) is 11.5 Å². The number of rotatable bonds is 1. The molecule has 5 rings (SSSR count). The molecule has 0 fully saturated rings. The Hall–Kier alpha value is -3.20. The molecule has 0 unspecified atom stereocenters. The normalized spacial score (nSPS) is 17.7. The second-order valence-corrected chi connectivity index (χ2v) is 10.4. The lowest BCUT2D eigenvalue weighted by atomic mass is 9.77. The molecule has 0 N–H and O–H groups in total. The summed E-state index contributed by atoms with van der Waals surface area (Å²) < 4.78 is 0. The summed E-state index contributed by atoms with van der Waals surface area (Å²) in [6, 6.07) is 18.9. The Balaban J connectivity index is 1.79. The van der Waals surface area contributed by atoms with Gasteiger partial charge < -0.3 is 0 Å². The number of pyridine rings is 1. The molecule has 0 atom stereocenters. The van der Waals surface area contributed by atoms with Gasteiger partial charge in [-0.15, -0.1) is 0 Å². The van der Waals surface area contributed by atoms with E-state index >= 15 is 0 Å². The van der Waals surface area contributed by atoms with Gasteiger partial charge in [0.25, 0.3) is 0 Å². The Kier molecular flexibility index (Phi) is 4.23. The molecule has 0 saturated heterocycles. The van der Waals surface area contributed by atoms with Crippen LogP contribution in [0.2, 0.25) is 0 Å². The second-order valence-electron chi connectivity index (χ2n) is 10.4. The number of carbonyl (C=O) groups is 1. The fourth-order valence-electron chi connectivity index (χ4n) is 4.53. The van der Waals surface area contributed by atoms with Crippen LogP contribution in [0.15, 0.2) is 71.9 Å². The van der Waals surface area contributed by atoms with Crippen molar-refractivity contribution in [3.05, 3.63) is 83.1 Å². The van der Waals surface area contributed by atoms with E-state index in [2.05, 4.69) is 82.0 Å². The minimum atomic E-state index is -0.188. The molecule has 0 amide bonds.